The first-order valence-corrected chi connectivity index (χ1v) is 7.87. The SMILES string of the molecule is Nc1ccc(Cl)cc1NS(=O)(=O)c1ccc(Br)cc1. The fourth-order valence-electron chi connectivity index (χ4n) is 1.43. The summed E-state index contributed by atoms with van der Waals surface area (Å²) < 4.78 is 27.5. The normalized spacial score (nSPS) is 11.3. The van der Waals surface area contributed by atoms with Crippen molar-refractivity contribution in [2.24, 2.45) is 0 Å². The van der Waals surface area contributed by atoms with Crippen LogP contribution in [0.25, 0.3) is 0 Å². The molecule has 0 fully saturated rings. The smallest absolute Gasteiger partial charge is 0.261 e. The molecule has 7 heteroatoms. The number of nitrogen functional groups attached to an aromatic ring is 1. The molecule has 0 radical (unpaired) electrons. The molecule has 0 unspecified atom stereocenters. The Kier molecular flexibility index (Phi) is 4.03. The molecule has 0 saturated heterocycles. The van der Waals surface area contributed by atoms with Gasteiger partial charge in [0.25, 0.3) is 10.0 Å². The molecule has 4 nitrogen and oxygen atoms in total. The standard InChI is InChI=1S/C12H10BrClN2O2S/c13-8-1-4-10(5-2-8)19(17,18)16-12-7-9(14)3-6-11(12)15/h1-7,16H,15H2. The lowest BCUT2D eigenvalue weighted by molar-refractivity contribution is 0.601. The molecule has 0 saturated carbocycles. The van der Waals surface area contributed by atoms with Gasteiger partial charge in [-0.15, -0.1) is 0 Å². The average molecular weight is 362 g/mol. The first-order valence-electron chi connectivity index (χ1n) is 5.22. The third kappa shape index (κ3) is 3.40. The predicted molar refractivity (Wildman–Crippen MR) is 80.8 cm³/mol. The third-order valence-corrected chi connectivity index (χ3v) is 4.53. The molecular formula is C12H10BrClN2O2S. The van der Waals surface area contributed by atoms with Crippen LogP contribution in [0.3, 0.4) is 0 Å². The molecular weight excluding hydrogens is 352 g/mol. The number of hydrogen-bond acceptors (Lipinski definition) is 3. The molecule has 2 rings (SSSR count). The van der Waals surface area contributed by atoms with E-state index in [1.165, 1.54) is 18.2 Å². The fourth-order valence-corrected chi connectivity index (χ4v) is 2.95. The Morgan fingerprint density at radius 3 is 2.37 bits per heavy atom. The minimum atomic E-state index is -3.68. The summed E-state index contributed by atoms with van der Waals surface area (Å²) in [5.41, 5.74) is 6.28. The maximum atomic E-state index is 12.2. The second-order valence-corrected chi connectivity index (χ2v) is 6.83. The van der Waals surface area contributed by atoms with E-state index in [9.17, 15) is 8.42 Å². The Morgan fingerprint density at radius 2 is 1.74 bits per heavy atom. The summed E-state index contributed by atoms with van der Waals surface area (Å²) in [6.07, 6.45) is 0. The lowest BCUT2D eigenvalue weighted by Gasteiger charge is -2.10. The quantitative estimate of drug-likeness (QED) is 0.822. The van der Waals surface area contributed by atoms with Gasteiger partial charge in [0.2, 0.25) is 0 Å². The van der Waals surface area contributed by atoms with Crippen molar-refractivity contribution >= 4 is 48.9 Å². The predicted octanol–water partition coefficient (Wildman–Crippen LogP) is 3.49. The zero-order valence-corrected chi connectivity index (χ0v) is 12.8. The van der Waals surface area contributed by atoms with Crippen LogP contribution in [0.15, 0.2) is 51.8 Å². The molecule has 0 spiro atoms. The van der Waals surface area contributed by atoms with Gasteiger partial charge in [-0.3, -0.25) is 4.72 Å². The van der Waals surface area contributed by atoms with E-state index in [0.717, 1.165) is 4.47 Å². The Morgan fingerprint density at radius 1 is 1.11 bits per heavy atom. The van der Waals surface area contributed by atoms with Gasteiger partial charge in [-0.2, -0.15) is 0 Å². The number of anilines is 2. The second-order valence-electron chi connectivity index (χ2n) is 3.79. The lowest BCUT2D eigenvalue weighted by Crippen LogP contribution is -2.14. The summed E-state index contributed by atoms with van der Waals surface area (Å²) in [6.45, 7) is 0. The van der Waals surface area contributed by atoms with E-state index in [2.05, 4.69) is 20.7 Å². The van der Waals surface area contributed by atoms with E-state index in [1.54, 1.807) is 24.3 Å². The molecule has 2 aromatic carbocycles. The van der Waals surface area contributed by atoms with Crippen molar-refractivity contribution in [2.75, 3.05) is 10.5 Å². The van der Waals surface area contributed by atoms with Crippen LogP contribution in [0.5, 0.6) is 0 Å². The summed E-state index contributed by atoms with van der Waals surface area (Å²) in [4.78, 5) is 0.148. The highest BCUT2D eigenvalue weighted by Crippen LogP contribution is 2.26. The third-order valence-electron chi connectivity index (χ3n) is 2.38. The topological polar surface area (TPSA) is 72.2 Å². The molecule has 0 heterocycles. The van der Waals surface area contributed by atoms with Crippen LogP contribution in [0.4, 0.5) is 11.4 Å². The average Bonchev–Trinajstić information content (AvgIpc) is 2.34. The van der Waals surface area contributed by atoms with Crippen LogP contribution in [-0.4, -0.2) is 8.42 Å². The van der Waals surface area contributed by atoms with Crippen molar-refractivity contribution in [1.29, 1.82) is 0 Å². The Bertz CT molecular complexity index is 702. The van der Waals surface area contributed by atoms with Crippen LogP contribution in [0, 0.1) is 0 Å². The number of halogens is 2. The summed E-state index contributed by atoms with van der Waals surface area (Å²) in [7, 11) is -3.68. The Balaban J connectivity index is 2.36. The molecule has 0 aliphatic rings. The van der Waals surface area contributed by atoms with Gasteiger partial charge < -0.3 is 5.73 Å². The maximum absolute atomic E-state index is 12.2. The lowest BCUT2D eigenvalue weighted by atomic mass is 10.3. The van der Waals surface area contributed by atoms with Crippen molar-refractivity contribution < 1.29 is 8.42 Å². The number of nitrogens with one attached hydrogen (secondary N) is 1. The zero-order chi connectivity index (χ0) is 14.0. The van der Waals surface area contributed by atoms with Crippen LogP contribution < -0.4 is 10.5 Å². The Hall–Kier alpha value is -1.24. The highest BCUT2D eigenvalue weighted by Gasteiger charge is 2.15. The van der Waals surface area contributed by atoms with Crippen LogP contribution in [0.1, 0.15) is 0 Å². The van der Waals surface area contributed by atoms with E-state index in [-0.39, 0.29) is 10.6 Å². The minimum Gasteiger partial charge on any atom is -0.397 e. The van der Waals surface area contributed by atoms with Crippen molar-refractivity contribution in [2.45, 2.75) is 4.90 Å². The number of nitrogens with two attached hydrogens (primary N) is 1. The highest BCUT2D eigenvalue weighted by atomic mass is 79.9. The van der Waals surface area contributed by atoms with Gasteiger partial charge in [-0.1, -0.05) is 27.5 Å². The van der Waals surface area contributed by atoms with Gasteiger partial charge in [0, 0.05) is 9.50 Å². The van der Waals surface area contributed by atoms with Crippen molar-refractivity contribution in [3.05, 3.63) is 52.0 Å². The number of hydrogen-bond donors (Lipinski definition) is 2. The molecule has 0 aliphatic carbocycles. The molecule has 2 aromatic rings. The van der Waals surface area contributed by atoms with E-state index in [1.807, 2.05) is 0 Å². The van der Waals surface area contributed by atoms with E-state index >= 15 is 0 Å². The second kappa shape index (κ2) is 5.40. The molecule has 0 atom stereocenters. The number of benzene rings is 2. The molecule has 3 N–H and O–H groups in total. The molecule has 19 heavy (non-hydrogen) atoms. The van der Waals surface area contributed by atoms with E-state index < -0.39 is 10.0 Å². The van der Waals surface area contributed by atoms with Gasteiger partial charge in [0.15, 0.2) is 0 Å². The van der Waals surface area contributed by atoms with Crippen LogP contribution in [-0.2, 0) is 10.0 Å². The fraction of sp³-hybridized carbons (Fsp3) is 0. The van der Waals surface area contributed by atoms with Gasteiger partial charge in [-0.05, 0) is 42.5 Å². The number of sulfonamides is 1. The summed E-state index contributed by atoms with van der Waals surface area (Å²) in [5.74, 6) is 0. The first-order chi connectivity index (χ1) is 8.88. The van der Waals surface area contributed by atoms with Crippen molar-refractivity contribution in [3.8, 4) is 0 Å². The zero-order valence-electron chi connectivity index (χ0n) is 9.60. The van der Waals surface area contributed by atoms with Crippen LogP contribution >= 0.6 is 27.5 Å². The molecule has 100 valence electrons. The van der Waals surface area contributed by atoms with E-state index in [0.29, 0.717) is 10.7 Å². The van der Waals surface area contributed by atoms with Gasteiger partial charge in [0.1, 0.15) is 0 Å². The highest BCUT2D eigenvalue weighted by molar-refractivity contribution is 9.10. The van der Waals surface area contributed by atoms with Gasteiger partial charge >= 0.3 is 0 Å². The minimum absolute atomic E-state index is 0.148. The first kappa shape index (κ1) is 14.2. The molecule has 0 aliphatic heterocycles. The van der Waals surface area contributed by atoms with Crippen molar-refractivity contribution in [1.82, 2.24) is 0 Å². The summed E-state index contributed by atoms with van der Waals surface area (Å²) in [6, 6.07) is 10.9. The molecule has 0 bridgehead atoms. The van der Waals surface area contributed by atoms with Gasteiger partial charge in [0.05, 0.1) is 16.3 Å². The molecule has 0 amide bonds. The van der Waals surface area contributed by atoms with Gasteiger partial charge in [-0.25, -0.2) is 8.42 Å². The monoisotopic (exact) mass is 360 g/mol. The summed E-state index contributed by atoms with van der Waals surface area (Å²) in [5, 5.41) is 0.405. The van der Waals surface area contributed by atoms with Crippen LogP contribution in [0.2, 0.25) is 5.02 Å². The maximum Gasteiger partial charge on any atom is 0.261 e. The largest absolute Gasteiger partial charge is 0.397 e. The van der Waals surface area contributed by atoms with E-state index in [4.69, 9.17) is 17.3 Å². The van der Waals surface area contributed by atoms with Crippen molar-refractivity contribution in [3.63, 3.8) is 0 Å². The summed E-state index contributed by atoms with van der Waals surface area (Å²) >= 11 is 9.06. The Labute approximate surface area is 124 Å². The molecule has 0 aromatic heterocycles. The number of rotatable bonds is 3.